The number of rotatable bonds is 0. The van der Waals surface area contributed by atoms with Gasteiger partial charge >= 0.3 is 77.6 Å². The van der Waals surface area contributed by atoms with Gasteiger partial charge in [-0.15, -0.1) is 0 Å². The first-order valence-corrected chi connectivity index (χ1v) is 0. The Balaban J connectivity index is 0. The van der Waals surface area contributed by atoms with Crippen molar-refractivity contribution < 1.29 is 95.0 Å². The summed E-state index contributed by atoms with van der Waals surface area (Å²) in [7, 11) is 0. The average Bonchev–Trinajstić information content (AvgIpc) is 0. The summed E-state index contributed by atoms with van der Waals surface area (Å²) < 4.78 is 0. The van der Waals surface area contributed by atoms with Crippen LogP contribution in [0.15, 0.2) is 0 Å². The molecule has 0 fully saturated rings. The predicted molar refractivity (Wildman–Crippen MR) is 13.5 cm³/mol. The molecule has 0 aliphatic rings. The van der Waals surface area contributed by atoms with E-state index >= 15 is 0 Å². The average molecular weight is 364 g/mol. The Morgan fingerprint density at radius 1 is 0.571 bits per heavy atom. The van der Waals surface area contributed by atoms with E-state index in [1.54, 1.807) is 0 Å². The number of hydrogen-bond donors (Lipinski definition) is 0. The quantitative estimate of drug-likeness (QED) is 0.406. The van der Waals surface area contributed by atoms with Crippen LogP contribution >= 0.6 is 0 Å². The van der Waals surface area contributed by atoms with Gasteiger partial charge in [-0.05, 0) is 0 Å². The van der Waals surface area contributed by atoms with E-state index in [-0.39, 0.29) is 121 Å². The first-order chi connectivity index (χ1) is 0. The van der Waals surface area contributed by atoms with Crippen molar-refractivity contribution in [1.82, 2.24) is 0 Å². The van der Waals surface area contributed by atoms with E-state index in [1.807, 2.05) is 0 Å². The molecule has 0 aromatic rings. The van der Waals surface area contributed by atoms with Gasteiger partial charge in [-0.25, -0.2) is 0 Å². The molecule has 7 heavy (non-hydrogen) atoms. The minimum atomic E-state index is 0. The molecule has 0 saturated carbocycles. The van der Waals surface area contributed by atoms with Crippen LogP contribution in [0, 0.1) is 0 Å². The SMILES string of the molecule is [Bi+3].[K+].[OH-].[OH-].[OH-].[OH-].[Ti]. The Labute approximate surface area is 118 Å². The van der Waals surface area contributed by atoms with Crippen molar-refractivity contribution in [2.75, 3.05) is 0 Å². The summed E-state index contributed by atoms with van der Waals surface area (Å²) in [5.41, 5.74) is 0. The van der Waals surface area contributed by atoms with Crippen LogP contribution in [0.3, 0.4) is 0 Å². The van der Waals surface area contributed by atoms with E-state index in [0.717, 1.165) is 0 Å². The molecule has 4 N–H and O–H groups in total. The molecule has 0 atom stereocenters. The zero-order valence-electron chi connectivity index (χ0n) is 3.74. The second-order valence-corrected chi connectivity index (χ2v) is 0. The van der Waals surface area contributed by atoms with Gasteiger partial charge in [-0.1, -0.05) is 0 Å². The molecule has 0 amide bonds. The molecule has 0 heterocycles. The van der Waals surface area contributed by atoms with Crippen molar-refractivity contribution in [3.63, 3.8) is 0 Å². The molecule has 0 aliphatic heterocycles. The van der Waals surface area contributed by atoms with E-state index in [4.69, 9.17) is 0 Å². The van der Waals surface area contributed by atoms with Crippen LogP contribution in [0.2, 0.25) is 0 Å². The molecule has 0 saturated heterocycles. The smallest absolute Gasteiger partial charge is 0.870 e. The largest absolute Gasteiger partial charge is 3.00 e. The van der Waals surface area contributed by atoms with E-state index in [1.165, 1.54) is 0 Å². The van der Waals surface area contributed by atoms with Gasteiger partial charge in [-0.3, -0.25) is 0 Å². The Kier molecular flexibility index (Phi) is 785. The second-order valence-electron chi connectivity index (χ2n) is 0. The summed E-state index contributed by atoms with van der Waals surface area (Å²) in [6.45, 7) is 0. The molecule has 0 rings (SSSR count). The van der Waals surface area contributed by atoms with Gasteiger partial charge < -0.3 is 21.9 Å². The van der Waals surface area contributed by atoms with Crippen molar-refractivity contribution in [3.8, 4) is 0 Å². The van der Waals surface area contributed by atoms with E-state index in [0.29, 0.717) is 0 Å². The zero-order chi connectivity index (χ0) is 0. The molecule has 0 aromatic carbocycles. The summed E-state index contributed by atoms with van der Waals surface area (Å²) in [5, 5.41) is 0. The van der Waals surface area contributed by atoms with Crippen molar-refractivity contribution in [2.45, 2.75) is 0 Å². The molecule has 4 nitrogen and oxygen atoms in total. The van der Waals surface area contributed by atoms with Crippen LogP contribution in [0.1, 0.15) is 0 Å². The third-order valence-corrected chi connectivity index (χ3v) is 0. The van der Waals surface area contributed by atoms with Gasteiger partial charge in [0.25, 0.3) is 0 Å². The Bertz CT molecular complexity index is 11.7. The first kappa shape index (κ1) is 87.8. The molecule has 0 bridgehead atoms. The fourth-order valence-corrected chi connectivity index (χ4v) is 0. The van der Waals surface area contributed by atoms with Crippen LogP contribution in [-0.4, -0.2) is 48.1 Å². The first-order valence-electron chi connectivity index (χ1n) is 0. The summed E-state index contributed by atoms with van der Waals surface area (Å²) in [5.74, 6) is 0. The van der Waals surface area contributed by atoms with Gasteiger partial charge in [0.15, 0.2) is 0 Å². The van der Waals surface area contributed by atoms with Crippen LogP contribution in [0.5, 0.6) is 0 Å². The van der Waals surface area contributed by atoms with Crippen LogP contribution in [-0.2, 0) is 21.7 Å². The summed E-state index contributed by atoms with van der Waals surface area (Å²) in [6, 6.07) is 0. The topological polar surface area (TPSA) is 120 Å². The Hall–Kier alpha value is 3.07. The van der Waals surface area contributed by atoms with Gasteiger partial charge in [0.05, 0.1) is 0 Å². The second kappa shape index (κ2) is 62.6. The monoisotopic (exact) mass is 364 g/mol. The summed E-state index contributed by atoms with van der Waals surface area (Å²) >= 11 is 0. The molecule has 0 unspecified atom stereocenters. The minimum absolute atomic E-state index is 0. The van der Waals surface area contributed by atoms with Crippen molar-refractivity contribution >= 4 is 26.2 Å². The van der Waals surface area contributed by atoms with Gasteiger partial charge in [0, 0.05) is 21.7 Å². The molecule has 0 spiro atoms. The van der Waals surface area contributed by atoms with E-state index < -0.39 is 0 Å². The maximum absolute atomic E-state index is 0. The summed E-state index contributed by atoms with van der Waals surface area (Å²) in [4.78, 5) is 0. The standard InChI is InChI=1S/Bi.K.4H2O.Ti/h;;4*1H2;/q+3;+1;;;;;/p-4. The molecular weight excluding hydrogens is 360 g/mol. The van der Waals surface area contributed by atoms with Gasteiger partial charge in [0.2, 0.25) is 0 Å². The van der Waals surface area contributed by atoms with Crippen molar-refractivity contribution in [3.05, 3.63) is 0 Å². The van der Waals surface area contributed by atoms with Crippen LogP contribution < -0.4 is 51.4 Å². The minimum Gasteiger partial charge on any atom is -0.870 e. The molecule has 0 aromatic heterocycles. The maximum atomic E-state index is 0. The molecular formula is H4BiKO4Ti. The van der Waals surface area contributed by atoms with Gasteiger partial charge in [-0.2, -0.15) is 0 Å². The Morgan fingerprint density at radius 2 is 0.571 bits per heavy atom. The predicted octanol–water partition coefficient (Wildman–Crippen LogP) is -4.09. The fourth-order valence-electron chi connectivity index (χ4n) is 0. The third-order valence-electron chi connectivity index (χ3n) is 0. The normalized spacial score (nSPS) is 0. The fraction of sp³-hybridized carbons (Fsp3) is 0. The summed E-state index contributed by atoms with van der Waals surface area (Å²) in [6.07, 6.45) is 0. The number of hydrogen-bond acceptors (Lipinski definition) is 4. The molecule has 0 aliphatic carbocycles. The molecule has 2 radical (unpaired) electrons. The van der Waals surface area contributed by atoms with Gasteiger partial charge in [0.1, 0.15) is 0 Å². The Morgan fingerprint density at radius 3 is 0.571 bits per heavy atom. The van der Waals surface area contributed by atoms with Crippen molar-refractivity contribution in [1.29, 1.82) is 0 Å². The van der Waals surface area contributed by atoms with Crippen molar-refractivity contribution in [2.24, 2.45) is 0 Å². The van der Waals surface area contributed by atoms with E-state index in [2.05, 4.69) is 0 Å². The zero-order valence-corrected chi connectivity index (χ0v) is 11.9. The van der Waals surface area contributed by atoms with E-state index in [9.17, 15) is 0 Å². The van der Waals surface area contributed by atoms with Crippen LogP contribution in [0.4, 0.5) is 0 Å². The third kappa shape index (κ3) is 48.1. The molecule has 7 heteroatoms. The van der Waals surface area contributed by atoms with Crippen LogP contribution in [0.25, 0.3) is 0 Å². The maximum Gasteiger partial charge on any atom is 3.00 e. The molecule has 38 valence electrons.